The number of phenolic OH excluding ortho intramolecular Hbond substituents is 2. The Bertz CT molecular complexity index is 1360. The number of ether oxygens (including phenoxy) is 4. The zero-order chi connectivity index (χ0) is 31.1. The molecule has 3 aromatic rings. The Morgan fingerprint density at radius 1 is 0.571 bits per heavy atom. The van der Waals surface area contributed by atoms with Crippen LogP contribution in [-0.4, -0.2) is 56.5 Å². The van der Waals surface area contributed by atoms with Crippen LogP contribution >= 0.6 is 0 Å². The molecule has 0 spiro atoms. The van der Waals surface area contributed by atoms with Gasteiger partial charge < -0.3 is 39.4 Å². The zero-order valence-corrected chi connectivity index (χ0v) is 23.2. The van der Waals surface area contributed by atoms with Crippen LogP contribution in [0.4, 0.5) is 0 Å². The molecule has 0 aromatic heterocycles. The summed E-state index contributed by atoms with van der Waals surface area (Å²) in [5.74, 6) is -5.65. The molecule has 42 heavy (non-hydrogen) atoms. The summed E-state index contributed by atoms with van der Waals surface area (Å²) in [7, 11) is 0. The van der Waals surface area contributed by atoms with E-state index >= 15 is 0 Å². The first-order chi connectivity index (χ1) is 19.8. The number of hydrogen-bond donors (Lipinski definition) is 4. The van der Waals surface area contributed by atoms with Gasteiger partial charge in [-0.25, -0.2) is 0 Å². The molecule has 222 valence electrons. The van der Waals surface area contributed by atoms with Crippen LogP contribution < -0.4 is 18.9 Å². The number of aliphatic hydroxyl groups excluding tert-OH is 2. The van der Waals surface area contributed by atoms with Crippen LogP contribution in [0.2, 0.25) is 0 Å². The molecule has 3 rings (SSSR count). The van der Waals surface area contributed by atoms with E-state index in [2.05, 4.69) is 0 Å². The van der Waals surface area contributed by atoms with E-state index in [0.29, 0.717) is 0 Å². The Balaban J connectivity index is 2.58. The summed E-state index contributed by atoms with van der Waals surface area (Å²) < 4.78 is 22.4. The third-order valence-corrected chi connectivity index (χ3v) is 5.48. The van der Waals surface area contributed by atoms with Crippen LogP contribution in [0.15, 0.2) is 48.5 Å². The van der Waals surface area contributed by atoms with Gasteiger partial charge in [0, 0.05) is 13.8 Å². The number of aliphatic hydroxyl groups is 2. The molecule has 12 heteroatoms. The number of rotatable bonds is 10. The maximum absolute atomic E-state index is 12.9. The van der Waals surface area contributed by atoms with Crippen molar-refractivity contribution in [2.45, 2.75) is 52.7 Å². The van der Waals surface area contributed by atoms with Gasteiger partial charge in [0.2, 0.25) is 0 Å². The van der Waals surface area contributed by atoms with Crippen molar-refractivity contribution in [1.82, 2.24) is 0 Å². The fourth-order valence-corrected chi connectivity index (χ4v) is 3.91. The Labute approximate surface area is 240 Å². The number of esters is 4. The molecule has 0 amide bonds. The topological polar surface area (TPSA) is 186 Å². The second-order valence-electron chi connectivity index (χ2n) is 9.40. The van der Waals surface area contributed by atoms with Crippen LogP contribution in [-0.2, 0) is 19.2 Å². The predicted molar refractivity (Wildman–Crippen MR) is 147 cm³/mol. The minimum absolute atomic E-state index is 0.134. The summed E-state index contributed by atoms with van der Waals surface area (Å²) in [5, 5.41) is 39.4. The van der Waals surface area contributed by atoms with Gasteiger partial charge in [-0.3, -0.25) is 19.2 Å². The summed E-state index contributed by atoms with van der Waals surface area (Å²) in [5.41, 5.74) is -0.0182. The molecule has 0 heterocycles. The van der Waals surface area contributed by atoms with E-state index in [1.165, 1.54) is 62.4 Å². The van der Waals surface area contributed by atoms with Crippen molar-refractivity contribution in [2.24, 2.45) is 0 Å². The number of carbonyl (C=O) groups is 4. The van der Waals surface area contributed by atoms with E-state index in [4.69, 9.17) is 18.9 Å². The van der Waals surface area contributed by atoms with E-state index < -0.39 is 71.9 Å². The Kier molecular flexibility index (Phi) is 10.2. The summed E-state index contributed by atoms with van der Waals surface area (Å²) >= 11 is 0. The Hall–Kier alpha value is -4.94. The highest BCUT2D eigenvalue weighted by Crippen LogP contribution is 2.57. The van der Waals surface area contributed by atoms with E-state index in [1.54, 1.807) is 0 Å². The van der Waals surface area contributed by atoms with Crippen molar-refractivity contribution < 1.29 is 58.6 Å². The maximum atomic E-state index is 12.9. The van der Waals surface area contributed by atoms with Gasteiger partial charge in [0.1, 0.15) is 11.5 Å². The zero-order valence-electron chi connectivity index (χ0n) is 23.2. The van der Waals surface area contributed by atoms with Crippen molar-refractivity contribution >= 4 is 23.9 Å². The second kappa shape index (κ2) is 13.6. The average molecular weight is 583 g/mol. The number of aromatic hydroxyl groups is 2. The smallest absolute Gasteiger partial charge is 0.313 e. The van der Waals surface area contributed by atoms with Gasteiger partial charge in [0.25, 0.3) is 0 Å². The first-order valence-corrected chi connectivity index (χ1v) is 12.7. The van der Waals surface area contributed by atoms with Crippen molar-refractivity contribution in [2.75, 3.05) is 0 Å². The molecule has 12 nitrogen and oxygen atoms in total. The minimum atomic E-state index is -1.11. The highest BCUT2D eigenvalue weighted by atomic mass is 16.6. The van der Waals surface area contributed by atoms with Crippen molar-refractivity contribution in [1.29, 1.82) is 0 Å². The normalized spacial score (nSPS) is 12.1. The first kappa shape index (κ1) is 31.6. The highest BCUT2D eigenvalue weighted by Gasteiger charge is 2.34. The monoisotopic (exact) mass is 582 g/mol. The Morgan fingerprint density at radius 3 is 1.12 bits per heavy atom. The lowest BCUT2D eigenvalue weighted by Crippen LogP contribution is -2.19. The molecule has 0 aliphatic heterocycles. The molecular weight excluding hydrogens is 552 g/mol. The SMILES string of the molecule is CC(=O)Oc1c(OC(=O)C[C@H](C)O)c(-c2ccc(O)cc2)c(OC(C)=O)c(OC(=O)C[C@H](C)O)c1-c1ccc(O)cc1. The molecule has 2 atom stereocenters. The van der Waals surface area contributed by atoms with Crippen LogP contribution in [0, 0.1) is 0 Å². The fourth-order valence-electron chi connectivity index (χ4n) is 3.91. The van der Waals surface area contributed by atoms with Gasteiger partial charge >= 0.3 is 23.9 Å². The molecule has 0 bridgehead atoms. The molecule has 0 aliphatic rings. The summed E-state index contributed by atoms with van der Waals surface area (Å²) in [6, 6.07) is 10.6. The van der Waals surface area contributed by atoms with Crippen LogP contribution in [0.3, 0.4) is 0 Å². The summed E-state index contributed by atoms with van der Waals surface area (Å²) in [6.07, 6.45) is -3.18. The average Bonchev–Trinajstić information content (AvgIpc) is 2.86. The second-order valence-corrected chi connectivity index (χ2v) is 9.40. The largest absolute Gasteiger partial charge is 0.508 e. The highest BCUT2D eigenvalue weighted by molar-refractivity contribution is 5.98. The number of hydrogen-bond acceptors (Lipinski definition) is 12. The van der Waals surface area contributed by atoms with Gasteiger partial charge in [0.15, 0.2) is 23.0 Å². The van der Waals surface area contributed by atoms with Gasteiger partial charge in [-0.1, -0.05) is 24.3 Å². The lowest BCUT2D eigenvalue weighted by Gasteiger charge is -2.24. The molecule has 0 radical (unpaired) electrons. The molecular formula is C30H30O12. The fraction of sp³-hybridized carbons (Fsp3) is 0.267. The summed E-state index contributed by atoms with van der Waals surface area (Å²) in [6.45, 7) is 4.85. The molecule has 0 saturated heterocycles. The predicted octanol–water partition coefficient (Wildman–Crippen LogP) is 3.64. The Morgan fingerprint density at radius 2 is 0.857 bits per heavy atom. The first-order valence-electron chi connectivity index (χ1n) is 12.7. The van der Waals surface area contributed by atoms with Gasteiger partial charge in [-0.05, 0) is 49.2 Å². The van der Waals surface area contributed by atoms with E-state index in [-0.39, 0.29) is 33.8 Å². The minimum Gasteiger partial charge on any atom is -0.508 e. The lowest BCUT2D eigenvalue weighted by atomic mass is 9.94. The molecule has 0 saturated carbocycles. The number of carbonyl (C=O) groups excluding carboxylic acids is 4. The van der Waals surface area contributed by atoms with Crippen LogP contribution in [0.1, 0.15) is 40.5 Å². The molecule has 0 unspecified atom stereocenters. The van der Waals surface area contributed by atoms with Crippen molar-refractivity contribution in [3.05, 3.63) is 48.5 Å². The maximum Gasteiger partial charge on any atom is 0.313 e. The standard InChI is InChI=1S/C30H30O12/c1-15(31)13-23(37)41-29-25(19-5-9-21(35)10-6-19)28(40-18(4)34)30(42-24(38)14-16(2)32)26(27(29)39-17(3)33)20-7-11-22(36)12-8-20/h5-12,15-16,31-32,35-36H,13-14H2,1-4H3/t15-,16-/m0/s1. The molecule has 0 fully saturated rings. The van der Waals surface area contributed by atoms with Gasteiger partial charge in [-0.2, -0.15) is 0 Å². The molecule has 3 aromatic carbocycles. The molecule has 0 aliphatic carbocycles. The van der Waals surface area contributed by atoms with Crippen molar-refractivity contribution in [3.8, 4) is 56.8 Å². The number of phenols is 2. The van der Waals surface area contributed by atoms with Crippen LogP contribution in [0.25, 0.3) is 22.3 Å². The summed E-state index contributed by atoms with van der Waals surface area (Å²) in [4.78, 5) is 50.6. The quantitative estimate of drug-likeness (QED) is 0.201. The van der Waals surface area contributed by atoms with Crippen LogP contribution in [0.5, 0.6) is 34.5 Å². The lowest BCUT2D eigenvalue weighted by molar-refractivity contribution is -0.138. The van der Waals surface area contributed by atoms with E-state index in [1.807, 2.05) is 0 Å². The van der Waals surface area contributed by atoms with Gasteiger partial charge in [-0.15, -0.1) is 0 Å². The third-order valence-electron chi connectivity index (χ3n) is 5.48. The third kappa shape index (κ3) is 8.05. The van der Waals surface area contributed by atoms with E-state index in [0.717, 1.165) is 13.8 Å². The van der Waals surface area contributed by atoms with E-state index in [9.17, 15) is 39.6 Å². The molecule has 4 N–H and O–H groups in total. The van der Waals surface area contributed by atoms with Crippen molar-refractivity contribution in [3.63, 3.8) is 0 Å². The number of benzene rings is 3. The van der Waals surface area contributed by atoms with Gasteiger partial charge in [0.05, 0.1) is 36.2 Å².